The van der Waals surface area contributed by atoms with Crippen molar-refractivity contribution in [1.82, 2.24) is 10.6 Å². The van der Waals surface area contributed by atoms with E-state index in [1.165, 1.54) is 0 Å². The van der Waals surface area contributed by atoms with E-state index >= 15 is 0 Å². The fraction of sp³-hybridized carbons (Fsp3) is 0.818. The minimum Gasteiger partial charge on any atom is -0.391 e. The standard InChI is InChI=1S/C22H42N4O5/c1-3-5-7-9-15-25-17(11-13-19(23)27)21(29)31-22(30)18(12-14-20(24)28)26-16-10-8-6-4-2/h17-18,25-26H,3-16H2,1-2H3,(H2,23,27)(H2,24,28)/t17-,18-/m0/s1. The lowest BCUT2D eigenvalue weighted by atomic mass is 10.1. The Morgan fingerprint density at radius 3 is 1.39 bits per heavy atom. The second-order valence-electron chi connectivity index (χ2n) is 7.88. The Kier molecular flexibility index (Phi) is 17.5. The van der Waals surface area contributed by atoms with Gasteiger partial charge in [0, 0.05) is 12.8 Å². The van der Waals surface area contributed by atoms with Crippen molar-refractivity contribution in [3.8, 4) is 0 Å². The number of carbonyl (C=O) groups excluding carboxylic acids is 4. The van der Waals surface area contributed by atoms with Crippen LogP contribution in [0.2, 0.25) is 0 Å². The Balaban J connectivity index is 4.81. The average molecular weight is 443 g/mol. The van der Waals surface area contributed by atoms with Gasteiger partial charge in [-0.15, -0.1) is 0 Å². The van der Waals surface area contributed by atoms with Crippen molar-refractivity contribution in [1.29, 1.82) is 0 Å². The van der Waals surface area contributed by atoms with Crippen LogP contribution >= 0.6 is 0 Å². The molecule has 0 fully saturated rings. The molecular weight excluding hydrogens is 400 g/mol. The molecule has 0 aromatic carbocycles. The molecule has 2 atom stereocenters. The van der Waals surface area contributed by atoms with E-state index < -0.39 is 35.8 Å². The zero-order valence-corrected chi connectivity index (χ0v) is 19.3. The monoisotopic (exact) mass is 442 g/mol. The van der Waals surface area contributed by atoms with Crippen molar-refractivity contribution in [3.05, 3.63) is 0 Å². The van der Waals surface area contributed by atoms with E-state index in [1.54, 1.807) is 0 Å². The van der Waals surface area contributed by atoms with Gasteiger partial charge in [0.15, 0.2) is 0 Å². The maximum Gasteiger partial charge on any atom is 0.330 e. The molecule has 9 heteroatoms. The number of rotatable bonds is 20. The second-order valence-corrected chi connectivity index (χ2v) is 7.88. The fourth-order valence-corrected chi connectivity index (χ4v) is 3.08. The first-order chi connectivity index (χ1) is 14.8. The minimum atomic E-state index is -0.792. The molecule has 180 valence electrons. The largest absolute Gasteiger partial charge is 0.391 e. The second kappa shape index (κ2) is 18.7. The predicted molar refractivity (Wildman–Crippen MR) is 120 cm³/mol. The summed E-state index contributed by atoms with van der Waals surface area (Å²) < 4.78 is 5.09. The van der Waals surface area contributed by atoms with Crippen molar-refractivity contribution in [2.75, 3.05) is 13.1 Å². The highest BCUT2D eigenvalue weighted by Gasteiger charge is 2.27. The highest BCUT2D eigenvalue weighted by Crippen LogP contribution is 2.07. The molecule has 0 aliphatic rings. The smallest absolute Gasteiger partial charge is 0.330 e. The van der Waals surface area contributed by atoms with E-state index in [4.69, 9.17) is 16.2 Å². The third kappa shape index (κ3) is 16.4. The lowest BCUT2D eigenvalue weighted by Crippen LogP contribution is -2.45. The Bertz CT molecular complexity index is 496. The molecule has 0 bridgehead atoms. The summed E-state index contributed by atoms with van der Waals surface area (Å²) in [5.74, 6) is -2.52. The Morgan fingerprint density at radius 1 is 0.677 bits per heavy atom. The highest BCUT2D eigenvalue weighted by molar-refractivity contribution is 5.91. The summed E-state index contributed by atoms with van der Waals surface area (Å²) in [6, 6.07) is -1.58. The number of hydrogen-bond acceptors (Lipinski definition) is 7. The van der Waals surface area contributed by atoms with Gasteiger partial charge in [-0.1, -0.05) is 52.4 Å². The van der Waals surface area contributed by atoms with E-state index in [0.717, 1.165) is 51.4 Å². The highest BCUT2D eigenvalue weighted by atomic mass is 16.6. The molecule has 9 nitrogen and oxygen atoms in total. The number of ether oxygens (including phenoxy) is 1. The molecule has 0 saturated carbocycles. The van der Waals surface area contributed by atoms with E-state index in [2.05, 4.69) is 24.5 Å². The molecule has 6 N–H and O–H groups in total. The van der Waals surface area contributed by atoms with Gasteiger partial charge in [0.05, 0.1) is 0 Å². The lowest BCUT2D eigenvalue weighted by molar-refractivity contribution is -0.162. The zero-order valence-electron chi connectivity index (χ0n) is 19.3. The van der Waals surface area contributed by atoms with Crippen LogP contribution in [0.25, 0.3) is 0 Å². The van der Waals surface area contributed by atoms with Crippen LogP contribution in [0.15, 0.2) is 0 Å². The summed E-state index contributed by atoms with van der Waals surface area (Å²) in [5, 5.41) is 6.13. The first-order valence-electron chi connectivity index (χ1n) is 11.6. The van der Waals surface area contributed by atoms with Crippen LogP contribution in [-0.4, -0.2) is 48.9 Å². The summed E-state index contributed by atoms with van der Waals surface area (Å²) in [5.41, 5.74) is 10.4. The normalized spacial score (nSPS) is 12.8. The predicted octanol–water partition coefficient (Wildman–Crippen LogP) is 1.66. The molecule has 2 amide bonds. The number of nitrogens with two attached hydrogens (primary N) is 2. The van der Waals surface area contributed by atoms with E-state index in [0.29, 0.717) is 13.1 Å². The quantitative estimate of drug-likeness (QED) is 0.127. The third-order valence-electron chi connectivity index (χ3n) is 4.97. The SMILES string of the molecule is CCCCCCN[C@@H](CCC(N)=O)C(=O)OC(=O)[C@H](CCC(N)=O)NCCCCCC. The van der Waals surface area contributed by atoms with Gasteiger partial charge in [-0.05, 0) is 38.8 Å². The molecule has 0 unspecified atom stereocenters. The van der Waals surface area contributed by atoms with Gasteiger partial charge in [-0.2, -0.15) is 0 Å². The molecule has 0 aliphatic heterocycles. The van der Waals surface area contributed by atoms with Crippen LogP contribution in [-0.2, 0) is 23.9 Å². The van der Waals surface area contributed by atoms with Crippen molar-refractivity contribution in [3.63, 3.8) is 0 Å². The van der Waals surface area contributed by atoms with E-state index in [-0.39, 0.29) is 25.7 Å². The summed E-state index contributed by atoms with van der Waals surface area (Å²) in [6.45, 7) is 5.37. The van der Waals surface area contributed by atoms with Gasteiger partial charge in [-0.25, -0.2) is 9.59 Å². The molecule has 0 saturated heterocycles. The molecule has 0 rings (SSSR count). The molecule has 31 heavy (non-hydrogen) atoms. The van der Waals surface area contributed by atoms with Crippen molar-refractivity contribution < 1.29 is 23.9 Å². The Labute approximate surface area is 186 Å². The van der Waals surface area contributed by atoms with Crippen LogP contribution in [0.1, 0.15) is 90.9 Å². The van der Waals surface area contributed by atoms with Crippen LogP contribution in [0.4, 0.5) is 0 Å². The summed E-state index contributed by atoms with van der Waals surface area (Å²) in [6.07, 6.45) is 8.54. The maximum atomic E-state index is 12.6. The van der Waals surface area contributed by atoms with Gasteiger partial charge in [0.2, 0.25) is 11.8 Å². The molecule has 0 aromatic heterocycles. The van der Waals surface area contributed by atoms with E-state index in [9.17, 15) is 19.2 Å². The number of unbranched alkanes of at least 4 members (excludes halogenated alkanes) is 6. The third-order valence-corrected chi connectivity index (χ3v) is 4.97. The van der Waals surface area contributed by atoms with Gasteiger partial charge in [0.25, 0.3) is 0 Å². The molecule has 0 heterocycles. The Morgan fingerprint density at radius 2 is 1.06 bits per heavy atom. The van der Waals surface area contributed by atoms with Crippen LogP contribution in [0, 0.1) is 0 Å². The van der Waals surface area contributed by atoms with Crippen molar-refractivity contribution in [2.24, 2.45) is 11.5 Å². The molecule has 0 aromatic rings. The molecule has 0 radical (unpaired) electrons. The zero-order chi connectivity index (χ0) is 23.5. The molecule has 0 spiro atoms. The summed E-state index contributed by atoms with van der Waals surface area (Å²) in [4.78, 5) is 47.4. The number of esters is 2. The minimum absolute atomic E-state index is 0.0106. The van der Waals surface area contributed by atoms with Crippen LogP contribution in [0.5, 0.6) is 0 Å². The van der Waals surface area contributed by atoms with Gasteiger partial charge in [0.1, 0.15) is 12.1 Å². The number of amides is 2. The molecule has 0 aliphatic carbocycles. The number of carbonyl (C=O) groups is 4. The number of hydrogen-bond donors (Lipinski definition) is 4. The number of nitrogens with one attached hydrogen (secondary N) is 2. The van der Waals surface area contributed by atoms with Gasteiger partial charge in [-0.3, -0.25) is 9.59 Å². The number of primary amides is 2. The van der Waals surface area contributed by atoms with E-state index in [1.807, 2.05) is 0 Å². The fourth-order valence-electron chi connectivity index (χ4n) is 3.08. The van der Waals surface area contributed by atoms with Gasteiger partial charge >= 0.3 is 11.9 Å². The van der Waals surface area contributed by atoms with Crippen molar-refractivity contribution in [2.45, 2.75) is 103 Å². The average Bonchev–Trinajstić information content (AvgIpc) is 2.71. The summed E-state index contributed by atoms with van der Waals surface area (Å²) >= 11 is 0. The van der Waals surface area contributed by atoms with Gasteiger partial charge < -0.3 is 26.8 Å². The van der Waals surface area contributed by atoms with Crippen molar-refractivity contribution >= 4 is 23.8 Å². The van der Waals surface area contributed by atoms with Crippen LogP contribution < -0.4 is 22.1 Å². The van der Waals surface area contributed by atoms with Crippen LogP contribution in [0.3, 0.4) is 0 Å². The topological polar surface area (TPSA) is 154 Å². The first kappa shape index (κ1) is 29.0. The first-order valence-corrected chi connectivity index (χ1v) is 11.6. The lowest BCUT2D eigenvalue weighted by Gasteiger charge is -2.20. The molecular formula is C22H42N4O5. The Hall–Kier alpha value is -2.00. The maximum absolute atomic E-state index is 12.6. The summed E-state index contributed by atoms with van der Waals surface area (Å²) in [7, 11) is 0.